The number of hydrogen-bond acceptors (Lipinski definition) is 5. The molecule has 2 aliphatic heterocycles. The first-order chi connectivity index (χ1) is 15.4. The number of rotatable bonds is 6. The van der Waals surface area contributed by atoms with Crippen LogP contribution in [-0.4, -0.2) is 37.1 Å². The molecule has 176 valence electrons. The molecular weight excluding hydrogens is 542 g/mol. The van der Waals surface area contributed by atoms with Crippen molar-refractivity contribution in [1.29, 1.82) is 0 Å². The van der Waals surface area contributed by atoms with Crippen molar-refractivity contribution in [1.82, 2.24) is 0 Å². The Morgan fingerprint density at radius 3 is 1.84 bits per heavy atom. The van der Waals surface area contributed by atoms with Crippen molar-refractivity contribution in [3.05, 3.63) is 59.7 Å². The van der Waals surface area contributed by atoms with Gasteiger partial charge in [-0.2, -0.15) is 0 Å². The monoisotopic (exact) mass is 568 g/mol. The van der Waals surface area contributed by atoms with E-state index in [0.717, 1.165) is 22.6 Å². The van der Waals surface area contributed by atoms with Crippen molar-refractivity contribution in [2.75, 3.05) is 13.2 Å². The fourth-order valence-electron chi connectivity index (χ4n) is 3.33. The molecule has 4 rings (SSSR count). The van der Waals surface area contributed by atoms with Gasteiger partial charge >= 0.3 is 35.0 Å². The average molecular weight is 570 g/mol. The summed E-state index contributed by atoms with van der Waals surface area (Å²) >= 11 is -0.106. The first-order valence-corrected chi connectivity index (χ1v) is 14.5. The minimum atomic E-state index is -0.106. The van der Waals surface area contributed by atoms with Crippen LogP contribution in [0.15, 0.2) is 58.5 Å². The second-order valence-electron chi connectivity index (χ2n) is 8.28. The first kappa shape index (κ1) is 25.1. The third kappa shape index (κ3) is 6.48. The van der Waals surface area contributed by atoms with Gasteiger partial charge in [-0.15, -0.1) is 0 Å². The van der Waals surface area contributed by atoms with Crippen molar-refractivity contribution in [3.63, 3.8) is 0 Å². The Kier molecular flexibility index (Phi) is 9.43. The third-order valence-electron chi connectivity index (χ3n) is 5.32. The number of ether oxygens (including phenoxy) is 3. The van der Waals surface area contributed by atoms with E-state index in [1.165, 1.54) is 0 Å². The van der Waals surface area contributed by atoms with Crippen LogP contribution < -0.4 is 4.74 Å². The molecule has 2 aliphatic rings. The molecule has 0 amide bonds. The standard InChI is InChI=1S/C24H28N2O3.2ClH.Pd/c1-15(2)21-13-27-23(25-21)19-11-10-18(29-17-8-6-5-7-9-17)12-20(19)24-26-22(14-28-24)16(3)4;;;/h5-12,15-16,21-22H,13-14H2,1-4H3;2*1H;/q;;;+2/p-2. The van der Waals surface area contributed by atoms with E-state index in [2.05, 4.69) is 27.7 Å². The zero-order valence-electron chi connectivity index (χ0n) is 18.5. The van der Waals surface area contributed by atoms with E-state index in [-0.39, 0.29) is 28.0 Å². The number of nitrogens with zero attached hydrogens (tertiary/aromatic N) is 2. The van der Waals surface area contributed by atoms with E-state index in [1.807, 2.05) is 48.5 Å². The predicted octanol–water partition coefficient (Wildman–Crippen LogP) is 6.46. The van der Waals surface area contributed by atoms with Crippen LogP contribution in [0.4, 0.5) is 0 Å². The van der Waals surface area contributed by atoms with Gasteiger partial charge in [0.25, 0.3) is 0 Å². The first-order valence-electron chi connectivity index (χ1n) is 10.5. The van der Waals surface area contributed by atoms with Gasteiger partial charge in [0.2, 0.25) is 11.8 Å². The van der Waals surface area contributed by atoms with Crippen LogP contribution in [0.2, 0.25) is 0 Å². The van der Waals surface area contributed by atoms with E-state index >= 15 is 0 Å². The maximum atomic E-state index is 6.04. The number of halogens is 2. The summed E-state index contributed by atoms with van der Waals surface area (Å²) in [5, 5.41) is 0. The molecule has 2 aromatic rings. The minimum absolute atomic E-state index is 0.106. The van der Waals surface area contributed by atoms with Gasteiger partial charge in [0.15, 0.2) is 0 Å². The topological polar surface area (TPSA) is 52.4 Å². The summed E-state index contributed by atoms with van der Waals surface area (Å²) in [5.74, 6) is 3.66. The fraction of sp³-hybridized carbons (Fsp3) is 0.417. The molecule has 2 heterocycles. The van der Waals surface area contributed by atoms with E-state index in [1.54, 1.807) is 0 Å². The van der Waals surface area contributed by atoms with Crippen molar-refractivity contribution in [3.8, 4) is 11.5 Å². The molecule has 2 aromatic carbocycles. The molecule has 0 spiro atoms. The van der Waals surface area contributed by atoms with E-state index in [4.69, 9.17) is 43.3 Å². The van der Waals surface area contributed by atoms with Crippen LogP contribution in [0, 0.1) is 11.8 Å². The summed E-state index contributed by atoms with van der Waals surface area (Å²) in [4.78, 5) is 9.62. The van der Waals surface area contributed by atoms with Gasteiger partial charge in [0.1, 0.15) is 24.7 Å². The van der Waals surface area contributed by atoms with Gasteiger partial charge in [-0.1, -0.05) is 45.9 Å². The molecule has 2 unspecified atom stereocenters. The van der Waals surface area contributed by atoms with Crippen molar-refractivity contribution in [2.24, 2.45) is 21.8 Å². The Labute approximate surface area is 206 Å². The third-order valence-corrected chi connectivity index (χ3v) is 5.32. The van der Waals surface area contributed by atoms with Crippen LogP contribution in [-0.2, 0) is 25.4 Å². The van der Waals surface area contributed by atoms with E-state index in [9.17, 15) is 0 Å². The van der Waals surface area contributed by atoms with Crippen LogP contribution in [0.1, 0.15) is 38.8 Å². The molecule has 0 saturated carbocycles. The van der Waals surface area contributed by atoms with Gasteiger partial charge < -0.3 is 14.2 Å². The zero-order chi connectivity index (χ0) is 23.1. The molecule has 0 fully saturated rings. The molecule has 0 radical (unpaired) electrons. The molecule has 0 aromatic heterocycles. The molecule has 0 aliphatic carbocycles. The fourth-order valence-corrected chi connectivity index (χ4v) is 3.33. The van der Waals surface area contributed by atoms with Gasteiger partial charge in [0, 0.05) is 5.56 Å². The number of benzene rings is 2. The molecule has 8 heteroatoms. The Morgan fingerprint density at radius 2 is 1.34 bits per heavy atom. The van der Waals surface area contributed by atoms with Gasteiger partial charge in [0.05, 0.1) is 17.6 Å². The Hall–Kier alpha value is -1.58. The normalized spacial score (nSPS) is 19.8. The molecule has 5 nitrogen and oxygen atoms in total. The Bertz CT molecular complexity index is 952. The second-order valence-corrected chi connectivity index (χ2v) is 10.6. The molecule has 32 heavy (non-hydrogen) atoms. The van der Waals surface area contributed by atoms with Crippen LogP contribution in [0.5, 0.6) is 11.5 Å². The molecule has 0 saturated heterocycles. The number of hydrogen-bond donors (Lipinski definition) is 0. The Balaban J connectivity index is 0.000000913. The number of para-hydroxylation sites is 1. The summed E-state index contributed by atoms with van der Waals surface area (Å²) in [6, 6.07) is 16.0. The molecular formula is C24H28Cl2N2O3Pd. The van der Waals surface area contributed by atoms with Gasteiger partial charge in [-0.3, -0.25) is 0 Å². The SMILES string of the molecule is CC(C)C1COC(c2ccc(Oc3ccccc3)cc2C2=NC(C(C)C)CO2)=N1.[Cl][Pd][Cl]. The predicted molar refractivity (Wildman–Crippen MR) is 127 cm³/mol. The maximum absolute atomic E-state index is 6.04. The summed E-state index contributed by atoms with van der Waals surface area (Å²) in [6.07, 6.45) is 0. The van der Waals surface area contributed by atoms with Crippen LogP contribution in [0.25, 0.3) is 0 Å². The van der Waals surface area contributed by atoms with Crippen LogP contribution in [0.3, 0.4) is 0 Å². The van der Waals surface area contributed by atoms with Crippen molar-refractivity contribution >= 4 is 30.9 Å². The van der Waals surface area contributed by atoms with E-state index < -0.39 is 0 Å². The number of aliphatic imine (C=N–C) groups is 2. The molecule has 2 atom stereocenters. The quantitative estimate of drug-likeness (QED) is 0.375. The van der Waals surface area contributed by atoms with Crippen LogP contribution >= 0.6 is 19.1 Å². The second kappa shape index (κ2) is 12.0. The zero-order valence-corrected chi connectivity index (χ0v) is 21.6. The average Bonchev–Trinajstić information content (AvgIpc) is 3.45. The molecule has 0 N–H and O–H groups in total. The molecule has 0 bridgehead atoms. The van der Waals surface area contributed by atoms with E-state index in [0.29, 0.717) is 36.8 Å². The van der Waals surface area contributed by atoms with Crippen molar-refractivity contribution < 1.29 is 30.2 Å². The Morgan fingerprint density at radius 1 is 0.812 bits per heavy atom. The van der Waals surface area contributed by atoms with Crippen molar-refractivity contribution in [2.45, 2.75) is 39.8 Å². The summed E-state index contributed by atoms with van der Waals surface area (Å²) in [6.45, 7) is 9.85. The van der Waals surface area contributed by atoms with Gasteiger partial charge in [-0.25, -0.2) is 9.98 Å². The summed E-state index contributed by atoms with van der Waals surface area (Å²) in [5.41, 5.74) is 1.77. The summed E-state index contributed by atoms with van der Waals surface area (Å²) in [7, 11) is 9.63. The summed E-state index contributed by atoms with van der Waals surface area (Å²) < 4.78 is 18.0. The van der Waals surface area contributed by atoms with Gasteiger partial charge in [-0.05, 0) is 42.2 Å².